The summed E-state index contributed by atoms with van der Waals surface area (Å²) in [4.78, 5) is 25.9. The van der Waals surface area contributed by atoms with Crippen molar-refractivity contribution in [2.45, 2.75) is 45.7 Å². The molecule has 7 heteroatoms. The second-order valence-corrected chi connectivity index (χ2v) is 4.23. The lowest BCUT2D eigenvalue weighted by atomic mass is 10.2. The molecule has 0 aliphatic rings. The maximum atomic E-state index is 11.5. The van der Waals surface area contributed by atoms with Crippen LogP contribution in [0.15, 0.2) is 10.6 Å². The summed E-state index contributed by atoms with van der Waals surface area (Å²) in [5.41, 5.74) is 0. The van der Waals surface area contributed by atoms with Gasteiger partial charge in [0.25, 0.3) is 0 Å². The fraction of sp³-hybridized carbons (Fsp3) is 0.583. The van der Waals surface area contributed by atoms with Gasteiger partial charge in [-0.2, -0.15) is 0 Å². The Morgan fingerprint density at radius 2 is 2.26 bits per heavy atom. The first kappa shape index (κ1) is 15.0. The number of hydrogen-bond donors (Lipinski definition) is 3. The van der Waals surface area contributed by atoms with E-state index in [0.29, 0.717) is 12.3 Å². The smallest absolute Gasteiger partial charge is 0.315 e. The van der Waals surface area contributed by atoms with Gasteiger partial charge in [0, 0.05) is 18.9 Å². The van der Waals surface area contributed by atoms with E-state index in [1.54, 1.807) is 13.1 Å². The quantitative estimate of drug-likeness (QED) is 0.691. The number of rotatable bonds is 7. The first-order chi connectivity index (χ1) is 9.01. The third-order valence-electron chi connectivity index (χ3n) is 2.52. The van der Waals surface area contributed by atoms with E-state index < -0.39 is 5.97 Å². The molecule has 2 amide bonds. The van der Waals surface area contributed by atoms with Gasteiger partial charge in [0.05, 0.1) is 12.7 Å². The highest BCUT2D eigenvalue weighted by Gasteiger charge is 2.10. The van der Waals surface area contributed by atoms with Crippen LogP contribution in [0.1, 0.15) is 38.3 Å². The van der Waals surface area contributed by atoms with Crippen LogP contribution in [-0.4, -0.2) is 28.1 Å². The van der Waals surface area contributed by atoms with Crippen molar-refractivity contribution in [2.24, 2.45) is 0 Å². The molecule has 3 N–H and O–H groups in total. The fourth-order valence-corrected chi connectivity index (χ4v) is 1.44. The standard InChI is InChI=1S/C12H19N3O4/c1-3-9-6-13-10(19-9)7-14-12(18)15-8(2)4-5-11(16)17/h6,8H,3-5,7H2,1-2H3,(H,16,17)(H2,14,15,18). The van der Waals surface area contributed by atoms with Gasteiger partial charge in [-0.1, -0.05) is 6.92 Å². The first-order valence-corrected chi connectivity index (χ1v) is 6.21. The minimum atomic E-state index is -0.874. The Morgan fingerprint density at radius 3 is 2.84 bits per heavy atom. The minimum absolute atomic E-state index is 0.0288. The van der Waals surface area contributed by atoms with Gasteiger partial charge < -0.3 is 20.2 Å². The summed E-state index contributed by atoms with van der Waals surface area (Å²) >= 11 is 0. The predicted octanol–water partition coefficient (Wildman–Crippen LogP) is 1.29. The zero-order chi connectivity index (χ0) is 14.3. The van der Waals surface area contributed by atoms with Gasteiger partial charge in [0.15, 0.2) is 0 Å². The number of oxazole rings is 1. The van der Waals surface area contributed by atoms with Gasteiger partial charge in [-0.25, -0.2) is 9.78 Å². The van der Waals surface area contributed by atoms with Crippen LogP contribution in [0.2, 0.25) is 0 Å². The van der Waals surface area contributed by atoms with Crippen LogP contribution < -0.4 is 10.6 Å². The van der Waals surface area contributed by atoms with Crippen molar-refractivity contribution in [1.82, 2.24) is 15.6 Å². The van der Waals surface area contributed by atoms with Crippen molar-refractivity contribution in [3.8, 4) is 0 Å². The summed E-state index contributed by atoms with van der Waals surface area (Å²) in [5, 5.41) is 13.8. The van der Waals surface area contributed by atoms with Crippen LogP contribution in [0.25, 0.3) is 0 Å². The number of aliphatic carboxylic acids is 1. The molecule has 0 saturated heterocycles. The second kappa shape index (κ2) is 7.40. The number of aryl methyl sites for hydroxylation is 1. The number of hydrogen-bond acceptors (Lipinski definition) is 4. The Kier molecular flexibility index (Phi) is 5.84. The van der Waals surface area contributed by atoms with Crippen molar-refractivity contribution < 1.29 is 19.1 Å². The molecular weight excluding hydrogens is 250 g/mol. The lowest BCUT2D eigenvalue weighted by Gasteiger charge is -2.12. The topological polar surface area (TPSA) is 104 Å². The Morgan fingerprint density at radius 1 is 1.53 bits per heavy atom. The summed E-state index contributed by atoms with van der Waals surface area (Å²) in [6.07, 6.45) is 2.80. The average molecular weight is 269 g/mol. The van der Waals surface area contributed by atoms with Crippen LogP contribution in [-0.2, 0) is 17.8 Å². The van der Waals surface area contributed by atoms with E-state index in [9.17, 15) is 9.59 Å². The molecule has 0 radical (unpaired) electrons. The van der Waals surface area contributed by atoms with Gasteiger partial charge in [-0.15, -0.1) is 0 Å². The number of carbonyl (C=O) groups excluding carboxylic acids is 1. The summed E-state index contributed by atoms with van der Waals surface area (Å²) in [5.74, 6) is 0.346. The number of carboxylic acid groups (broad SMARTS) is 1. The molecule has 1 atom stereocenters. The third-order valence-corrected chi connectivity index (χ3v) is 2.52. The normalized spacial score (nSPS) is 11.9. The maximum Gasteiger partial charge on any atom is 0.315 e. The lowest BCUT2D eigenvalue weighted by molar-refractivity contribution is -0.137. The maximum absolute atomic E-state index is 11.5. The molecule has 0 aromatic carbocycles. The Hall–Kier alpha value is -2.05. The van der Waals surface area contributed by atoms with E-state index in [2.05, 4.69) is 15.6 Å². The number of nitrogens with zero attached hydrogens (tertiary/aromatic N) is 1. The number of carbonyl (C=O) groups is 2. The van der Waals surface area contributed by atoms with Gasteiger partial charge in [0.1, 0.15) is 5.76 Å². The van der Waals surface area contributed by atoms with Gasteiger partial charge in [-0.3, -0.25) is 4.79 Å². The van der Waals surface area contributed by atoms with Gasteiger partial charge in [-0.05, 0) is 13.3 Å². The van der Waals surface area contributed by atoms with Crippen molar-refractivity contribution in [1.29, 1.82) is 0 Å². The molecule has 0 aliphatic carbocycles. The molecule has 0 aliphatic heterocycles. The number of urea groups is 1. The molecule has 0 bridgehead atoms. The third kappa shape index (κ3) is 5.89. The predicted molar refractivity (Wildman–Crippen MR) is 67.6 cm³/mol. The number of aromatic nitrogens is 1. The van der Waals surface area contributed by atoms with Crippen molar-refractivity contribution in [2.75, 3.05) is 0 Å². The zero-order valence-corrected chi connectivity index (χ0v) is 11.1. The molecule has 0 fully saturated rings. The highest BCUT2D eigenvalue weighted by atomic mass is 16.4. The van der Waals surface area contributed by atoms with Gasteiger partial charge >= 0.3 is 12.0 Å². The number of nitrogens with one attached hydrogen (secondary N) is 2. The monoisotopic (exact) mass is 269 g/mol. The van der Waals surface area contributed by atoms with Gasteiger partial charge in [0.2, 0.25) is 5.89 Å². The molecule has 1 rings (SSSR count). The fourth-order valence-electron chi connectivity index (χ4n) is 1.44. The van der Waals surface area contributed by atoms with Crippen LogP contribution >= 0.6 is 0 Å². The number of carboxylic acids is 1. The van der Waals surface area contributed by atoms with Crippen LogP contribution in [0, 0.1) is 0 Å². The Labute approximate surface area is 111 Å². The van der Waals surface area contributed by atoms with Crippen LogP contribution in [0.4, 0.5) is 4.79 Å². The largest absolute Gasteiger partial charge is 0.481 e. The van der Waals surface area contributed by atoms with E-state index in [0.717, 1.165) is 12.2 Å². The highest BCUT2D eigenvalue weighted by Crippen LogP contribution is 2.03. The van der Waals surface area contributed by atoms with E-state index in [-0.39, 0.29) is 25.0 Å². The molecule has 7 nitrogen and oxygen atoms in total. The molecule has 0 saturated carbocycles. The molecule has 1 heterocycles. The lowest BCUT2D eigenvalue weighted by Crippen LogP contribution is -2.40. The SMILES string of the molecule is CCc1cnc(CNC(=O)NC(C)CCC(=O)O)o1. The Balaban J connectivity index is 2.25. The molecule has 1 aromatic heterocycles. The summed E-state index contributed by atoms with van der Waals surface area (Å²) in [6.45, 7) is 3.91. The molecule has 19 heavy (non-hydrogen) atoms. The zero-order valence-electron chi connectivity index (χ0n) is 11.1. The second-order valence-electron chi connectivity index (χ2n) is 4.23. The molecule has 1 unspecified atom stereocenters. The first-order valence-electron chi connectivity index (χ1n) is 6.21. The van der Waals surface area contributed by atoms with E-state index in [1.165, 1.54) is 0 Å². The van der Waals surface area contributed by atoms with E-state index in [4.69, 9.17) is 9.52 Å². The molecular formula is C12H19N3O4. The summed E-state index contributed by atoms with van der Waals surface area (Å²) in [7, 11) is 0. The highest BCUT2D eigenvalue weighted by molar-refractivity contribution is 5.74. The molecule has 1 aromatic rings. The van der Waals surface area contributed by atoms with Crippen LogP contribution in [0.3, 0.4) is 0 Å². The summed E-state index contributed by atoms with van der Waals surface area (Å²) in [6, 6.07) is -0.569. The summed E-state index contributed by atoms with van der Waals surface area (Å²) < 4.78 is 5.34. The van der Waals surface area contributed by atoms with Crippen molar-refractivity contribution in [3.05, 3.63) is 17.8 Å². The van der Waals surface area contributed by atoms with Crippen LogP contribution in [0.5, 0.6) is 0 Å². The van der Waals surface area contributed by atoms with Crippen molar-refractivity contribution >= 4 is 12.0 Å². The van der Waals surface area contributed by atoms with E-state index >= 15 is 0 Å². The number of amides is 2. The van der Waals surface area contributed by atoms with E-state index in [1.807, 2.05) is 6.92 Å². The minimum Gasteiger partial charge on any atom is -0.481 e. The Bertz CT molecular complexity index is 430. The molecule has 106 valence electrons. The average Bonchev–Trinajstić information content (AvgIpc) is 2.82. The van der Waals surface area contributed by atoms with Crippen molar-refractivity contribution in [3.63, 3.8) is 0 Å². The molecule has 0 spiro atoms.